The van der Waals surface area contributed by atoms with Crippen molar-refractivity contribution in [1.29, 1.82) is 0 Å². The van der Waals surface area contributed by atoms with Crippen LogP contribution in [-0.4, -0.2) is 62.3 Å². The average Bonchev–Trinajstić information content (AvgIpc) is 2.28. The first-order valence-corrected chi connectivity index (χ1v) is 6.37. The van der Waals surface area contributed by atoms with Gasteiger partial charge in [0.25, 0.3) is 0 Å². The van der Waals surface area contributed by atoms with Crippen LogP contribution in [0.5, 0.6) is 0 Å². The average molecular weight is 212 g/mol. The van der Waals surface area contributed by atoms with E-state index in [2.05, 4.69) is 16.7 Å². The Kier molecular flexibility index (Phi) is 4.42. The van der Waals surface area contributed by atoms with E-state index in [0.717, 1.165) is 32.2 Å². The molecule has 0 amide bonds. The van der Waals surface area contributed by atoms with Crippen LogP contribution in [0.25, 0.3) is 0 Å². The molecule has 0 aromatic carbocycles. The van der Waals surface area contributed by atoms with Gasteiger partial charge in [-0.3, -0.25) is 4.90 Å². The number of nitrogens with zero attached hydrogens (tertiary/aromatic N) is 2. The lowest BCUT2D eigenvalue weighted by molar-refractivity contribution is 0.0311. The molecule has 0 spiro atoms. The number of morpholine rings is 1. The smallest absolute Gasteiger partial charge is 0.0594 e. The van der Waals surface area contributed by atoms with Gasteiger partial charge in [-0.05, 0) is 25.3 Å². The zero-order chi connectivity index (χ0) is 10.5. The molecule has 1 atom stereocenters. The summed E-state index contributed by atoms with van der Waals surface area (Å²) in [6.07, 6.45) is 2.82. The quantitative estimate of drug-likeness (QED) is 0.695. The fraction of sp³-hybridized carbons (Fsp3) is 1.00. The van der Waals surface area contributed by atoms with E-state index in [4.69, 9.17) is 4.74 Å². The fourth-order valence-electron chi connectivity index (χ4n) is 2.60. The molecule has 2 heterocycles. The summed E-state index contributed by atoms with van der Waals surface area (Å²) in [6.45, 7) is 11.6. The van der Waals surface area contributed by atoms with Crippen LogP contribution in [0.3, 0.4) is 0 Å². The molecular formula is C12H24N2O. The summed E-state index contributed by atoms with van der Waals surface area (Å²) in [4.78, 5) is 5.16. The SMILES string of the molecule is C[C@H]1CCCN(CCN2CCOCC2)C1. The summed E-state index contributed by atoms with van der Waals surface area (Å²) >= 11 is 0. The van der Waals surface area contributed by atoms with Gasteiger partial charge in [0.1, 0.15) is 0 Å². The van der Waals surface area contributed by atoms with E-state index in [-0.39, 0.29) is 0 Å². The van der Waals surface area contributed by atoms with Crippen LogP contribution in [0.1, 0.15) is 19.8 Å². The van der Waals surface area contributed by atoms with Crippen molar-refractivity contribution < 1.29 is 4.74 Å². The fourth-order valence-corrected chi connectivity index (χ4v) is 2.60. The Bertz CT molecular complexity index is 180. The summed E-state index contributed by atoms with van der Waals surface area (Å²) in [7, 11) is 0. The van der Waals surface area contributed by atoms with Gasteiger partial charge in [-0.1, -0.05) is 6.92 Å². The minimum absolute atomic E-state index is 0.906. The Balaban J connectivity index is 1.63. The molecule has 0 radical (unpaired) electrons. The van der Waals surface area contributed by atoms with Crippen LogP contribution in [0.4, 0.5) is 0 Å². The van der Waals surface area contributed by atoms with Crippen molar-refractivity contribution in [3.05, 3.63) is 0 Å². The molecule has 2 fully saturated rings. The number of piperidine rings is 1. The van der Waals surface area contributed by atoms with Gasteiger partial charge in [0, 0.05) is 32.7 Å². The zero-order valence-electron chi connectivity index (χ0n) is 9.95. The largest absolute Gasteiger partial charge is 0.379 e. The Morgan fingerprint density at radius 1 is 1.07 bits per heavy atom. The van der Waals surface area contributed by atoms with Crippen molar-refractivity contribution in [2.24, 2.45) is 5.92 Å². The second-order valence-corrected chi connectivity index (χ2v) is 5.00. The lowest BCUT2D eigenvalue weighted by Crippen LogP contribution is -2.43. The molecule has 0 bridgehead atoms. The Morgan fingerprint density at radius 2 is 1.80 bits per heavy atom. The maximum atomic E-state index is 5.35. The number of hydrogen-bond acceptors (Lipinski definition) is 3. The first-order valence-electron chi connectivity index (χ1n) is 6.37. The van der Waals surface area contributed by atoms with Crippen LogP contribution in [0, 0.1) is 5.92 Å². The van der Waals surface area contributed by atoms with Crippen LogP contribution in [0.15, 0.2) is 0 Å². The maximum Gasteiger partial charge on any atom is 0.0594 e. The molecule has 88 valence electrons. The Labute approximate surface area is 93.4 Å². The van der Waals surface area contributed by atoms with Crippen LogP contribution < -0.4 is 0 Å². The van der Waals surface area contributed by atoms with E-state index in [9.17, 15) is 0 Å². The highest BCUT2D eigenvalue weighted by atomic mass is 16.5. The number of hydrogen-bond donors (Lipinski definition) is 0. The van der Waals surface area contributed by atoms with Gasteiger partial charge >= 0.3 is 0 Å². The third-order valence-electron chi connectivity index (χ3n) is 3.58. The molecule has 2 aliphatic heterocycles. The normalized spacial score (nSPS) is 30.6. The molecule has 15 heavy (non-hydrogen) atoms. The molecule has 0 aromatic rings. The lowest BCUT2D eigenvalue weighted by Gasteiger charge is -2.33. The van der Waals surface area contributed by atoms with Crippen molar-refractivity contribution in [3.8, 4) is 0 Å². The van der Waals surface area contributed by atoms with Crippen molar-refractivity contribution in [2.45, 2.75) is 19.8 Å². The van der Waals surface area contributed by atoms with Crippen LogP contribution in [-0.2, 0) is 4.74 Å². The molecule has 2 aliphatic rings. The van der Waals surface area contributed by atoms with E-state index >= 15 is 0 Å². The highest BCUT2D eigenvalue weighted by Crippen LogP contribution is 2.14. The summed E-state index contributed by atoms with van der Waals surface area (Å²) in [5.41, 5.74) is 0. The van der Waals surface area contributed by atoms with E-state index in [1.165, 1.54) is 39.0 Å². The van der Waals surface area contributed by atoms with Gasteiger partial charge in [-0.15, -0.1) is 0 Å². The van der Waals surface area contributed by atoms with Crippen molar-refractivity contribution >= 4 is 0 Å². The molecule has 0 aliphatic carbocycles. The zero-order valence-corrected chi connectivity index (χ0v) is 9.95. The summed E-state index contributed by atoms with van der Waals surface area (Å²) in [5, 5.41) is 0. The van der Waals surface area contributed by atoms with Gasteiger partial charge < -0.3 is 9.64 Å². The van der Waals surface area contributed by atoms with E-state index in [1.807, 2.05) is 0 Å². The molecular weight excluding hydrogens is 188 g/mol. The molecule has 0 aromatic heterocycles. The molecule has 0 unspecified atom stereocenters. The van der Waals surface area contributed by atoms with E-state index in [1.54, 1.807) is 0 Å². The van der Waals surface area contributed by atoms with Crippen molar-refractivity contribution in [2.75, 3.05) is 52.5 Å². The Hall–Kier alpha value is -0.120. The topological polar surface area (TPSA) is 15.7 Å². The van der Waals surface area contributed by atoms with Crippen molar-refractivity contribution in [1.82, 2.24) is 9.80 Å². The van der Waals surface area contributed by atoms with Gasteiger partial charge in [-0.25, -0.2) is 0 Å². The van der Waals surface area contributed by atoms with E-state index in [0.29, 0.717) is 0 Å². The van der Waals surface area contributed by atoms with Gasteiger partial charge in [0.2, 0.25) is 0 Å². The number of ether oxygens (including phenoxy) is 1. The predicted molar refractivity (Wildman–Crippen MR) is 62.1 cm³/mol. The predicted octanol–water partition coefficient (Wildman–Crippen LogP) is 1.05. The minimum atomic E-state index is 0.906. The van der Waals surface area contributed by atoms with Gasteiger partial charge in [0.15, 0.2) is 0 Å². The summed E-state index contributed by atoms with van der Waals surface area (Å²) < 4.78 is 5.35. The first kappa shape index (κ1) is 11.4. The first-order chi connectivity index (χ1) is 7.34. The van der Waals surface area contributed by atoms with Crippen molar-refractivity contribution in [3.63, 3.8) is 0 Å². The van der Waals surface area contributed by atoms with Crippen LogP contribution >= 0.6 is 0 Å². The molecule has 2 rings (SSSR count). The molecule has 0 saturated carbocycles. The van der Waals surface area contributed by atoms with E-state index < -0.39 is 0 Å². The monoisotopic (exact) mass is 212 g/mol. The highest BCUT2D eigenvalue weighted by Gasteiger charge is 2.17. The molecule has 3 heteroatoms. The number of likely N-dealkylation sites (tertiary alicyclic amines) is 1. The minimum Gasteiger partial charge on any atom is -0.379 e. The third kappa shape index (κ3) is 3.74. The highest BCUT2D eigenvalue weighted by molar-refractivity contribution is 4.72. The second-order valence-electron chi connectivity index (χ2n) is 5.00. The molecule has 3 nitrogen and oxygen atoms in total. The van der Waals surface area contributed by atoms with Gasteiger partial charge in [0.05, 0.1) is 13.2 Å². The Morgan fingerprint density at radius 3 is 2.53 bits per heavy atom. The maximum absolute atomic E-state index is 5.35. The summed E-state index contributed by atoms with van der Waals surface area (Å²) in [6, 6.07) is 0. The van der Waals surface area contributed by atoms with Gasteiger partial charge in [-0.2, -0.15) is 0 Å². The third-order valence-corrected chi connectivity index (χ3v) is 3.58. The van der Waals surface area contributed by atoms with Crippen LogP contribution in [0.2, 0.25) is 0 Å². The number of rotatable bonds is 3. The second kappa shape index (κ2) is 5.83. The summed E-state index contributed by atoms with van der Waals surface area (Å²) in [5.74, 6) is 0.906. The standard InChI is InChI=1S/C12H24N2O/c1-12-3-2-4-14(11-12)6-5-13-7-9-15-10-8-13/h12H,2-11H2,1H3/t12-/m0/s1. The lowest BCUT2D eigenvalue weighted by atomic mass is 10.0. The molecule has 0 N–H and O–H groups in total. The molecule has 2 saturated heterocycles.